The molecule has 3 aromatic rings. The summed E-state index contributed by atoms with van der Waals surface area (Å²) in [5, 5.41) is 0. The molecule has 0 fully saturated rings. The van der Waals surface area contributed by atoms with Crippen molar-refractivity contribution in [2.24, 2.45) is 0 Å². The highest BCUT2D eigenvalue weighted by atomic mass is 19.1. The fourth-order valence-electron chi connectivity index (χ4n) is 3.37. The Bertz CT molecular complexity index is 1040. The molecule has 1 aliphatic rings. The molecule has 29 heavy (non-hydrogen) atoms. The molecule has 0 bridgehead atoms. The molecular weight excluding hydrogens is 376 g/mol. The summed E-state index contributed by atoms with van der Waals surface area (Å²) in [5.41, 5.74) is 7.88. The highest BCUT2D eigenvalue weighted by Gasteiger charge is 2.25. The number of halogens is 2. The standard InChI is InChI=1S/C21H21F2N5O/c1-12(2)28-5-6-29-21-16(22)7-13(8-18(21)28)20-17(23)11-26-19(27-20)9-15-4-3-14(24)10-25-15/h3-4,7-8,10-12H,5-6,9,24H2,1-2H3. The van der Waals surface area contributed by atoms with E-state index in [2.05, 4.69) is 15.0 Å². The molecule has 4 rings (SSSR count). The van der Waals surface area contributed by atoms with Gasteiger partial charge in [0.15, 0.2) is 17.4 Å². The molecule has 0 saturated heterocycles. The zero-order valence-electron chi connectivity index (χ0n) is 16.2. The van der Waals surface area contributed by atoms with E-state index in [0.717, 1.165) is 6.20 Å². The zero-order valence-corrected chi connectivity index (χ0v) is 16.2. The molecule has 0 aliphatic carbocycles. The number of hydrogen-bond acceptors (Lipinski definition) is 6. The normalized spacial score (nSPS) is 13.3. The SMILES string of the molecule is CC(C)N1CCOc2c(F)cc(-c3nc(Cc4ccc(N)cn4)ncc3F)cc21. The molecule has 0 radical (unpaired) electrons. The van der Waals surface area contributed by atoms with Crippen LogP contribution in [-0.4, -0.2) is 34.1 Å². The number of nitrogen functional groups attached to an aromatic ring is 1. The number of rotatable bonds is 4. The van der Waals surface area contributed by atoms with E-state index < -0.39 is 11.6 Å². The number of ether oxygens (including phenoxy) is 1. The van der Waals surface area contributed by atoms with E-state index in [1.54, 1.807) is 24.4 Å². The third-order valence-corrected chi connectivity index (χ3v) is 4.79. The molecular formula is C21H21F2N5O. The van der Waals surface area contributed by atoms with Gasteiger partial charge in [0.2, 0.25) is 0 Å². The van der Waals surface area contributed by atoms with Gasteiger partial charge in [-0.3, -0.25) is 4.98 Å². The molecule has 0 spiro atoms. The van der Waals surface area contributed by atoms with Crippen molar-refractivity contribution in [1.82, 2.24) is 15.0 Å². The Hall–Kier alpha value is -3.29. The largest absolute Gasteiger partial charge is 0.486 e. The van der Waals surface area contributed by atoms with Gasteiger partial charge in [-0.15, -0.1) is 0 Å². The average molecular weight is 397 g/mol. The van der Waals surface area contributed by atoms with Gasteiger partial charge in [0.25, 0.3) is 0 Å². The van der Waals surface area contributed by atoms with Crippen molar-refractivity contribution in [2.75, 3.05) is 23.8 Å². The molecule has 8 heteroatoms. The summed E-state index contributed by atoms with van der Waals surface area (Å²) in [5.74, 6) is -0.586. The number of fused-ring (bicyclic) bond motifs is 1. The van der Waals surface area contributed by atoms with Crippen molar-refractivity contribution in [2.45, 2.75) is 26.3 Å². The van der Waals surface area contributed by atoms with E-state index in [4.69, 9.17) is 10.5 Å². The molecule has 2 aromatic heterocycles. The van der Waals surface area contributed by atoms with Crippen molar-refractivity contribution in [3.05, 3.63) is 59.8 Å². The minimum atomic E-state index is -0.619. The lowest BCUT2D eigenvalue weighted by molar-refractivity contribution is 0.287. The van der Waals surface area contributed by atoms with Crippen molar-refractivity contribution < 1.29 is 13.5 Å². The van der Waals surface area contributed by atoms with E-state index >= 15 is 0 Å². The van der Waals surface area contributed by atoms with Gasteiger partial charge in [-0.05, 0) is 38.1 Å². The second-order valence-corrected chi connectivity index (χ2v) is 7.18. The van der Waals surface area contributed by atoms with Gasteiger partial charge in [0.1, 0.15) is 18.1 Å². The third-order valence-electron chi connectivity index (χ3n) is 4.79. The van der Waals surface area contributed by atoms with E-state index in [1.165, 1.54) is 6.07 Å². The van der Waals surface area contributed by atoms with Crippen molar-refractivity contribution in [1.29, 1.82) is 0 Å². The lowest BCUT2D eigenvalue weighted by Crippen LogP contribution is -2.38. The molecule has 1 aliphatic heterocycles. The maximum absolute atomic E-state index is 14.7. The summed E-state index contributed by atoms with van der Waals surface area (Å²) >= 11 is 0. The lowest BCUT2D eigenvalue weighted by atomic mass is 10.1. The number of benzene rings is 1. The fraction of sp³-hybridized carbons (Fsp3) is 0.286. The fourth-order valence-corrected chi connectivity index (χ4v) is 3.37. The second kappa shape index (κ2) is 7.62. The van der Waals surface area contributed by atoms with Gasteiger partial charge in [0, 0.05) is 17.3 Å². The van der Waals surface area contributed by atoms with Crippen LogP contribution >= 0.6 is 0 Å². The highest BCUT2D eigenvalue weighted by molar-refractivity contribution is 5.72. The lowest BCUT2D eigenvalue weighted by Gasteiger charge is -2.34. The van der Waals surface area contributed by atoms with Gasteiger partial charge in [-0.2, -0.15) is 0 Å². The smallest absolute Gasteiger partial charge is 0.178 e. The Morgan fingerprint density at radius 2 is 1.97 bits per heavy atom. The summed E-state index contributed by atoms with van der Waals surface area (Å²) in [4.78, 5) is 14.6. The third kappa shape index (κ3) is 3.83. The average Bonchev–Trinajstić information content (AvgIpc) is 2.70. The maximum atomic E-state index is 14.7. The van der Waals surface area contributed by atoms with E-state index in [1.807, 2.05) is 18.7 Å². The summed E-state index contributed by atoms with van der Waals surface area (Å²) in [6.45, 7) is 5.07. The Kier molecular flexibility index (Phi) is 5.00. The van der Waals surface area contributed by atoms with Crippen LogP contribution in [0.4, 0.5) is 20.2 Å². The Morgan fingerprint density at radius 1 is 1.14 bits per heavy atom. The summed E-state index contributed by atoms with van der Waals surface area (Å²) in [6.07, 6.45) is 2.95. The number of anilines is 2. The first-order valence-corrected chi connectivity index (χ1v) is 9.37. The van der Waals surface area contributed by atoms with E-state index in [-0.39, 0.29) is 17.5 Å². The Morgan fingerprint density at radius 3 is 2.69 bits per heavy atom. The topological polar surface area (TPSA) is 77.2 Å². The van der Waals surface area contributed by atoms with Crippen LogP contribution in [0.1, 0.15) is 25.4 Å². The minimum absolute atomic E-state index is 0.0430. The van der Waals surface area contributed by atoms with Crippen molar-refractivity contribution in [3.63, 3.8) is 0 Å². The van der Waals surface area contributed by atoms with Gasteiger partial charge in [0.05, 0.1) is 36.7 Å². The molecule has 2 N–H and O–H groups in total. The number of pyridine rings is 1. The van der Waals surface area contributed by atoms with Crippen LogP contribution in [0.3, 0.4) is 0 Å². The van der Waals surface area contributed by atoms with Gasteiger partial charge < -0.3 is 15.4 Å². The van der Waals surface area contributed by atoms with Crippen LogP contribution in [-0.2, 0) is 6.42 Å². The molecule has 0 atom stereocenters. The second-order valence-electron chi connectivity index (χ2n) is 7.18. The number of nitrogens with two attached hydrogens (primary N) is 1. The van der Waals surface area contributed by atoms with Crippen molar-refractivity contribution in [3.8, 4) is 17.0 Å². The van der Waals surface area contributed by atoms with Crippen LogP contribution < -0.4 is 15.4 Å². The van der Waals surface area contributed by atoms with Gasteiger partial charge >= 0.3 is 0 Å². The zero-order chi connectivity index (χ0) is 20.5. The van der Waals surface area contributed by atoms with E-state index in [0.29, 0.717) is 48.0 Å². The summed E-state index contributed by atoms with van der Waals surface area (Å²) < 4.78 is 34.8. The first-order chi connectivity index (χ1) is 13.9. The van der Waals surface area contributed by atoms with Crippen LogP contribution in [0.15, 0.2) is 36.7 Å². The summed E-state index contributed by atoms with van der Waals surface area (Å²) in [7, 11) is 0. The first kappa shape index (κ1) is 19.0. The first-order valence-electron chi connectivity index (χ1n) is 9.37. The predicted molar refractivity (Wildman–Crippen MR) is 107 cm³/mol. The predicted octanol–water partition coefficient (Wildman–Crippen LogP) is 3.60. The minimum Gasteiger partial charge on any atom is -0.486 e. The molecule has 0 saturated carbocycles. The Labute approximate surface area is 167 Å². The highest BCUT2D eigenvalue weighted by Crippen LogP contribution is 2.39. The van der Waals surface area contributed by atoms with Gasteiger partial charge in [-0.1, -0.05) is 0 Å². The van der Waals surface area contributed by atoms with Crippen molar-refractivity contribution >= 4 is 11.4 Å². The summed E-state index contributed by atoms with van der Waals surface area (Å²) in [6, 6.07) is 6.60. The molecule has 1 aromatic carbocycles. The van der Waals surface area contributed by atoms with Gasteiger partial charge in [-0.25, -0.2) is 18.7 Å². The quantitative estimate of drug-likeness (QED) is 0.725. The van der Waals surface area contributed by atoms with Crippen LogP contribution in [0, 0.1) is 11.6 Å². The maximum Gasteiger partial charge on any atom is 0.178 e. The monoisotopic (exact) mass is 397 g/mol. The molecule has 0 amide bonds. The van der Waals surface area contributed by atoms with E-state index in [9.17, 15) is 8.78 Å². The number of nitrogens with zero attached hydrogens (tertiary/aromatic N) is 4. The number of hydrogen-bond donors (Lipinski definition) is 1. The molecule has 150 valence electrons. The Balaban J connectivity index is 1.73. The molecule has 0 unspecified atom stereocenters. The van der Waals surface area contributed by atoms with Crippen LogP contribution in [0.25, 0.3) is 11.3 Å². The van der Waals surface area contributed by atoms with Crippen LogP contribution in [0.5, 0.6) is 5.75 Å². The molecule has 3 heterocycles. The number of aromatic nitrogens is 3. The van der Waals surface area contributed by atoms with Crippen LogP contribution in [0.2, 0.25) is 0 Å². The molecule has 6 nitrogen and oxygen atoms in total.